The molecule has 3 nitrogen and oxygen atoms in total. The summed E-state index contributed by atoms with van der Waals surface area (Å²) in [6, 6.07) is 0.582. The Hall–Kier alpha value is 0.230. The monoisotopic (exact) mass is 274 g/mol. The highest BCUT2D eigenvalue weighted by molar-refractivity contribution is 7.98. The largest absolute Gasteiger partial charge is 0.375 e. The zero-order valence-electron chi connectivity index (χ0n) is 12.6. The number of rotatable bonds is 6. The summed E-state index contributed by atoms with van der Waals surface area (Å²) in [6.07, 6.45) is 6.12. The summed E-state index contributed by atoms with van der Waals surface area (Å²) in [5.74, 6) is 1.22. The Labute approximate surface area is 117 Å². The van der Waals surface area contributed by atoms with Crippen molar-refractivity contribution in [2.45, 2.75) is 63.8 Å². The van der Waals surface area contributed by atoms with Gasteiger partial charge < -0.3 is 10.5 Å². The zero-order valence-corrected chi connectivity index (χ0v) is 13.4. The van der Waals surface area contributed by atoms with Crippen LogP contribution in [0.25, 0.3) is 0 Å². The fourth-order valence-electron chi connectivity index (χ4n) is 3.19. The maximum atomic E-state index is 6.13. The second-order valence-corrected chi connectivity index (χ2v) is 6.82. The van der Waals surface area contributed by atoms with Gasteiger partial charge in [-0.2, -0.15) is 11.8 Å². The molecule has 108 valence electrons. The van der Waals surface area contributed by atoms with E-state index in [1.807, 2.05) is 11.8 Å². The van der Waals surface area contributed by atoms with Gasteiger partial charge in [-0.3, -0.25) is 4.90 Å². The van der Waals surface area contributed by atoms with Crippen LogP contribution in [-0.2, 0) is 4.74 Å². The molecule has 0 amide bonds. The number of hydrogen-bond acceptors (Lipinski definition) is 4. The lowest BCUT2D eigenvalue weighted by Gasteiger charge is -2.50. The van der Waals surface area contributed by atoms with Gasteiger partial charge >= 0.3 is 0 Å². The van der Waals surface area contributed by atoms with Crippen LogP contribution in [0.1, 0.15) is 40.0 Å². The van der Waals surface area contributed by atoms with Crippen LogP contribution < -0.4 is 5.73 Å². The second-order valence-electron chi connectivity index (χ2n) is 5.84. The standard InChI is InChI=1S/C14H30N2OS/c1-11(6-7-18-5)16(4)14(10-15)8-12(2)17-13(3)9-14/h11-13H,6-10,15H2,1-5H3. The molecule has 0 bridgehead atoms. The van der Waals surface area contributed by atoms with Crippen LogP contribution in [0.2, 0.25) is 0 Å². The minimum Gasteiger partial charge on any atom is -0.375 e. The van der Waals surface area contributed by atoms with Gasteiger partial charge in [0, 0.05) is 18.1 Å². The van der Waals surface area contributed by atoms with Crippen molar-refractivity contribution in [3.8, 4) is 0 Å². The molecular formula is C14H30N2OS. The summed E-state index contributed by atoms with van der Waals surface area (Å²) in [5, 5.41) is 0. The third-order valence-corrected chi connectivity index (χ3v) is 4.97. The molecule has 1 heterocycles. The van der Waals surface area contributed by atoms with E-state index in [0.29, 0.717) is 18.2 Å². The Balaban J connectivity index is 2.73. The summed E-state index contributed by atoms with van der Waals surface area (Å²) in [7, 11) is 2.24. The van der Waals surface area contributed by atoms with Crippen molar-refractivity contribution in [1.82, 2.24) is 4.90 Å². The predicted molar refractivity (Wildman–Crippen MR) is 81.3 cm³/mol. The summed E-state index contributed by atoms with van der Waals surface area (Å²) in [4.78, 5) is 2.51. The van der Waals surface area contributed by atoms with Crippen molar-refractivity contribution < 1.29 is 4.74 Å². The van der Waals surface area contributed by atoms with E-state index in [1.165, 1.54) is 12.2 Å². The smallest absolute Gasteiger partial charge is 0.0568 e. The summed E-state index contributed by atoms with van der Waals surface area (Å²) in [5.41, 5.74) is 6.25. The van der Waals surface area contributed by atoms with Crippen LogP contribution in [0.4, 0.5) is 0 Å². The van der Waals surface area contributed by atoms with E-state index in [-0.39, 0.29) is 5.54 Å². The Morgan fingerprint density at radius 1 is 1.39 bits per heavy atom. The van der Waals surface area contributed by atoms with E-state index in [4.69, 9.17) is 10.5 Å². The first-order chi connectivity index (χ1) is 8.45. The fourth-order valence-corrected chi connectivity index (χ4v) is 3.77. The highest BCUT2D eigenvalue weighted by atomic mass is 32.2. The first kappa shape index (κ1) is 16.3. The van der Waals surface area contributed by atoms with Crippen molar-refractivity contribution in [1.29, 1.82) is 0 Å². The van der Waals surface area contributed by atoms with Crippen molar-refractivity contribution in [3.05, 3.63) is 0 Å². The molecule has 18 heavy (non-hydrogen) atoms. The van der Waals surface area contributed by atoms with Crippen molar-refractivity contribution in [2.75, 3.05) is 25.6 Å². The zero-order chi connectivity index (χ0) is 13.8. The maximum Gasteiger partial charge on any atom is 0.0568 e. The minimum atomic E-state index is 0.120. The van der Waals surface area contributed by atoms with E-state index >= 15 is 0 Å². The Morgan fingerprint density at radius 3 is 2.39 bits per heavy atom. The highest BCUT2D eigenvalue weighted by Crippen LogP contribution is 2.34. The van der Waals surface area contributed by atoms with E-state index in [2.05, 4.69) is 39.0 Å². The van der Waals surface area contributed by atoms with E-state index in [9.17, 15) is 0 Å². The minimum absolute atomic E-state index is 0.120. The van der Waals surface area contributed by atoms with E-state index in [0.717, 1.165) is 19.4 Å². The molecule has 0 spiro atoms. The molecule has 0 aromatic rings. The van der Waals surface area contributed by atoms with Crippen LogP contribution >= 0.6 is 11.8 Å². The normalized spacial score (nSPS) is 34.8. The summed E-state index contributed by atoms with van der Waals surface area (Å²) >= 11 is 1.92. The Bertz CT molecular complexity index is 240. The first-order valence-corrected chi connectivity index (χ1v) is 8.42. The average molecular weight is 274 g/mol. The molecule has 1 saturated heterocycles. The molecular weight excluding hydrogens is 244 g/mol. The molecule has 1 rings (SSSR count). The van der Waals surface area contributed by atoms with Gasteiger partial charge in [0.2, 0.25) is 0 Å². The van der Waals surface area contributed by atoms with E-state index in [1.54, 1.807) is 0 Å². The topological polar surface area (TPSA) is 38.5 Å². The summed E-state index contributed by atoms with van der Waals surface area (Å²) in [6.45, 7) is 7.38. The molecule has 0 saturated carbocycles. The number of likely N-dealkylation sites (N-methyl/N-ethyl adjacent to an activating group) is 1. The van der Waals surface area contributed by atoms with E-state index < -0.39 is 0 Å². The van der Waals surface area contributed by atoms with Crippen LogP contribution in [0, 0.1) is 0 Å². The van der Waals surface area contributed by atoms with Crippen LogP contribution in [0.3, 0.4) is 0 Å². The summed E-state index contributed by atoms with van der Waals surface area (Å²) < 4.78 is 5.87. The lowest BCUT2D eigenvalue weighted by Crippen LogP contribution is -2.60. The van der Waals surface area contributed by atoms with Gasteiger partial charge in [-0.1, -0.05) is 0 Å². The number of nitrogens with zero attached hydrogens (tertiary/aromatic N) is 1. The van der Waals surface area contributed by atoms with Gasteiger partial charge in [0.15, 0.2) is 0 Å². The molecule has 1 fully saturated rings. The first-order valence-electron chi connectivity index (χ1n) is 7.02. The van der Waals surface area contributed by atoms with Gasteiger partial charge in [0.25, 0.3) is 0 Å². The lowest BCUT2D eigenvalue weighted by molar-refractivity contribution is -0.105. The molecule has 3 unspecified atom stereocenters. The molecule has 2 N–H and O–H groups in total. The molecule has 0 aliphatic carbocycles. The van der Waals surface area contributed by atoms with Gasteiger partial charge in [-0.15, -0.1) is 0 Å². The molecule has 0 radical (unpaired) electrons. The number of thioether (sulfide) groups is 1. The predicted octanol–water partition coefficient (Wildman–Crippen LogP) is 2.34. The molecule has 4 heteroatoms. The van der Waals surface area contributed by atoms with Crippen molar-refractivity contribution >= 4 is 11.8 Å². The molecule has 0 aromatic carbocycles. The molecule has 3 atom stereocenters. The third kappa shape index (κ3) is 3.86. The van der Waals surface area contributed by atoms with Crippen LogP contribution in [0.5, 0.6) is 0 Å². The van der Waals surface area contributed by atoms with Gasteiger partial charge in [-0.05, 0) is 59.1 Å². The SMILES string of the molecule is CSCCC(C)N(C)C1(CN)CC(C)OC(C)C1. The van der Waals surface area contributed by atoms with Gasteiger partial charge in [0.1, 0.15) is 0 Å². The third-order valence-electron chi connectivity index (χ3n) is 4.33. The van der Waals surface area contributed by atoms with Crippen LogP contribution in [-0.4, -0.2) is 54.3 Å². The fraction of sp³-hybridized carbons (Fsp3) is 1.00. The number of hydrogen-bond donors (Lipinski definition) is 1. The van der Waals surface area contributed by atoms with Gasteiger partial charge in [-0.25, -0.2) is 0 Å². The number of nitrogens with two attached hydrogens (primary N) is 1. The van der Waals surface area contributed by atoms with Crippen LogP contribution in [0.15, 0.2) is 0 Å². The quantitative estimate of drug-likeness (QED) is 0.807. The Morgan fingerprint density at radius 2 is 1.94 bits per heavy atom. The molecule has 1 aliphatic rings. The second kappa shape index (κ2) is 7.13. The average Bonchev–Trinajstić information content (AvgIpc) is 2.33. The highest BCUT2D eigenvalue weighted by Gasteiger charge is 2.42. The maximum absolute atomic E-state index is 6.13. The Kier molecular flexibility index (Phi) is 6.45. The molecule has 1 aliphatic heterocycles. The van der Waals surface area contributed by atoms with Crippen molar-refractivity contribution in [2.24, 2.45) is 5.73 Å². The lowest BCUT2D eigenvalue weighted by atomic mass is 9.81. The number of ether oxygens (including phenoxy) is 1. The van der Waals surface area contributed by atoms with Crippen molar-refractivity contribution in [3.63, 3.8) is 0 Å². The molecule has 0 aromatic heterocycles. The van der Waals surface area contributed by atoms with Gasteiger partial charge in [0.05, 0.1) is 12.2 Å².